The Morgan fingerprint density at radius 2 is 2.10 bits per heavy atom. The summed E-state index contributed by atoms with van der Waals surface area (Å²) in [6.45, 7) is 5.50. The molecule has 2 N–H and O–H groups in total. The molecule has 0 radical (unpaired) electrons. The molecule has 0 spiro atoms. The van der Waals surface area contributed by atoms with Crippen LogP contribution in [0, 0.1) is 0 Å². The molecule has 0 aromatic carbocycles. The number of nitrogens with one attached hydrogen (secondary N) is 2. The van der Waals surface area contributed by atoms with Crippen LogP contribution in [0.25, 0.3) is 0 Å². The average Bonchev–Trinajstić information content (AvgIpc) is 3.06. The van der Waals surface area contributed by atoms with Gasteiger partial charge in [0, 0.05) is 17.5 Å². The van der Waals surface area contributed by atoms with E-state index in [1.165, 1.54) is 11.3 Å². The van der Waals surface area contributed by atoms with Crippen molar-refractivity contribution in [2.45, 2.75) is 37.1 Å². The van der Waals surface area contributed by atoms with Crippen LogP contribution in [0.4, 0.5) is 0 Å². The average molecular weight is 345 g/mol. The van der Waals surface area contributed by atoms with Gasteiger partial charge in [0.15, 0.2) is 0 Å². The smallest absolute Gasteiger partial charge is 0.250 e. The zero-order valence-electron chi connectivity index (χ0n) is 12.1. The van der Waals surface area contributed by atoms with Crippen molar-refractivity contribution in [3.05, 3.63) is 39.4 Å². The van der Waals surface area contributed by atoms with Gasteiger partial charge in [-0.3, -0.25) is 0 Å². The van der Waals surface area contributed by atoms with Crippen LogP contribution in [-0.4, -0.2) is 21.0 Å². The van der Waals surface area contributed by atoms with E-state index in [9.17, 15) is 8.42 Å². The Bertz CT molecular complexity index is 648. The molecule has 2 aromatic heterocycles. The van der Waals surface area contributed by atoms with Crippen molar-refractivity contribution in [1.29, 1.82) is 0 Å². The standard InChI is InChI=1S/C14H20N2O2S3/c1-3-15-9-13-4-5-14(20-13)21(17,18)16-11(2)8-12-6-7-19-10-12/h4-7,10-11,15-16H,3,8-9H2,1-2H3. The molecule has 7 heteroatoms. The van der Waals surface area contributed by atoms with Gasteiger partial charge in [-0.1, -0.05) is 6.92 Å². The van der Waals surface area contributed by atoms with Crippen LogP contribution < -0.4 is 10.0 Å². The molecule has 2 heterocycles. The van der Waals surface area contributed by atoms with Gasteiger partial charge in [-0.25, -0.2) is 13.1 Å². The number of hydrogen-bond acceptors (Lipinski definition) is 5. The van der Waals surface area contributed by atoms with Crippen LogP contribution >= 0.6 is 22.7 Å². The van der Waals surface area contributed by atoms with Crippen molar-refractivity contribution in [3.8, 4) is 0 Å². The lowest BCUT2D eigenvalue weighted by Crippen LogP contribution is -2.33. The zero-order chi connectivity index (χ0) is 15.3. The lowest BCUT2D eigenvalue weighted by Gasteiger charge is -2.12. The van der Waals surface area contributed by atoms with E-state index in [0.29, 0.717) is 17.2 Å². The Morgan fingerprint density at radius 3 is 2.76 bits per heavy atom. The van der Waals surface area contributed by atoms with E-state index >= 15 is 0 Å². The summed E-state index contributed by atoms with van der Waals surface area (Å²) in [4.78, 5) is 1.03. The van der Waals surface area contributed by atoms with Gasteiger partial charge in [-0.15, -0.1) is 11.3 Å². The van der Waals surface area contributed by atoms with E-state index in [0.717, 1.165) is 17.0 Å². The molecule has 0 fully saturated rings. The molecule has 0 aliphatic rings. The van der Waals surface area contributed by atoms with E-state index in [2.05, 4.69) is 10.0 Å². The van der Waals surface area contributed by atoms with Gasteiger partial charge < -0.3 is 5.32 Å². The van der Waals surface area contributed by atoms with Crippen molar-refractivity contribution >= 4 is 32.7 Å². The number of thiophene rings is 2. The van der Waals surface area contributed by atoms with Gasteiger partial charge in [-0.05, 0) is 54.4 Å². The van der Waals surface area contributed by atoms with E-state index in [-0.39, 0.29) is 6.04 Å². The predicted octanol–water partition coefficient (Wildman–Crippen LogP) is 2.83. The molecule has 0 bridgehead atoms. The van der Waals surface area contributed by atoms with Gasteiger partial charge >= 0.3 is 0 Å². The van der Waals surface area contributed by atoms with Crippen molar-refractivity contribution in [2.24, 2.45) is 0 Å². The molecule has 0 aliphatic carbocycles. The normalized spacial score (nSPS) is 13.4. The van der Waals surface area contributed by atoms with E-state index in [4.69, 9.17) is 0 Å². The molecule has 4 nitrogen and oxygen atoms in total. The summed E-state index contributed by atoms with van der Waals surface area (Å²) < 4.78 is 27.8. The molecule has 21 heavy (non-hydrogen) atoms. The summed E-state index contributed by atoms with van der Waals surface area (Å²) in [6, 6.07) is 5.45. The Morgan fingerprint density at radius 1 is 1.29 bits per heavy atom. The van der Waals surface area contributed by atoms with Crippen molar-refractivity contribution in [3.63, 3.8) is 0 Å². The second kappa shape index (κ2) is 7.51. The molecule has 0 saturated carbocycles. The summed E-state index contributed by atoms with van der Waals surface area (Å²) in [5.74, 6) is 0. The van der Waals surface area contributed by atoms with Gasteiger partial charge in [0.1, 0.15) is 4.21 Å². The second-order valence-electron chi connectivity index (χ2n) is 4.86. The Hall–Kier alpha value is -0.730. The SMILES string of the molecule is CCNCc1ccc(S(=O)(=O)NC(C)Cc2ccsc2)s1. The number of hydrogen-bond donors (Lipinski definition) is 2. The maximum absolute atomic E-state index is 12.3. The lowest BCUT2D eigenvalue weighted by molar-refractivity contribution is 0.562. The van der Waals surface area contributed by atoms with Crippen molar-refractivity contribution in [1.82, 2.24) is 10.0 Å². The minimum absolute atomic E-state index is 0.121. The van der Waals surface area contributed by atoms with Crippen LogP contribution in [0.3, 0.4) is 0 Å². The van der Waals surface area contributed by atoms with Crippen LogP contribution in [0.2, 0.25) is 0 Å². The molecule has 1 atom stereocenters. The zero-order valence-corrected chi connectivity index (χ0v) is 14.6. The first-order valence-corrected chi connectivity index (χ1v) is 10.1. The molecule has 2 rings (SSSR count). The minimum atomic E-state index is -3.42. The highest BCUT2D eigenvalue weighted by atomic mass is 32.2. The fourth-order valence-electron chi connectivity index (χ4n) is 1.97. The highest BCUT2D eigenvalue weighted by Gasteiger charge is 2.19. The second-order valence-corrected chi connectivity index (χ2v) is 8.75. The van der Waals surface area contributed by atoms with Crippen LogP contribution in [0.5, 0.6) is 0 Å². The third kappa shape index (κ3) is 4.89. The topological polar surface area (TPSA) is 58.2 Å². The lowest BCUT2D eigenvalue weighted by atomic mass is 10.1. The highest BCUT2D eigenvalue weighted by Crippen LogP contribution is 2.22. The quantitative estimate of drug-likeness (QED) is 0.774. The number of rotatable bonds is 8. The molecule has 0 saturated heterocycles. The summed E-state index contributed by atoms with van der Waals surface area (Å²) in [5.41, 5.74) is 1.16. The summed E-state index contributed by atoms with van der Waals surface area (Å²) in [5, 5.41) is 7.25. The van der Waals surface area contributed by atoms with Gasteiger partial charge in [-0.2, -0.15) is 11.3 Å². The summed E-state index contributed by atoms with van der Waals surface area (Å²) in [6.07, 6.45) is 0.707. The predicted molar refractivity (Wildman–Crippen MR) is 89.5 cm³/mol. The maximum atomic E-state index is 12.3. The van der Waals surface area contributed by atoms with Crippen LogP contribution in [-0.2, 0) is 23.0 Å². The highest BCUT2D eigenvalue weighted by molar-refractivity contribution is 7.91. The fourth-order valence-corrected chi connectivity index (χ4v) is 5.24. The third-order valence-corrected chi connectivity index (χ3v) is 6.83. The number of sulfonamides is 1. The van der Waals surface area contributed by atoms with Crippen molar-refractivity contribution < 1.29 is 8.42 Å². The summed E-state index contributed by atoms with van der Waals surface area (Å²) in [7, 11) is -3.42. The van der Waals surface area contributed by atoms with E-state index < -0.39 is 10.0 Å². The first-order chi connectivity index (χ1) is 10.0. The molecular formula is C14H20N2O2S3. The van der Waals surface area contributed by atoms with Crippen LogP contribution in [0.15, 0.2) is 33.2 Å². The first-order valence-electron chi connectivity index (χ1n) is 6.84. The minimum Gasteiger partial charge on any atom is -0.312 e. The first kappa shape index (κ1) is 16.6. The van der Waals surface area contributed by atoms with Crippen LogP contribution in [0.1, 0.15) is 24.3 Å². The Labute approximate surface area is 134 Å². The van der Waals surface area contributed by atoms with Gasteiger partial charge in [0.2, 0.25) is 10.0 Å². The van der Waals surface area contributed by atoms with E-state index in [1.807, 2.05) is 36.7 Å². The van der Waals surface area contributed by atoms with Gasteiger partial charge in [0.05, 0.1) is 0 Å². The summed E-state index contributed by atoms with van der Waals surface area (Å²) >= 11 is 2.94. The Balaban J connectivity index is 1.98. The fraction of sp³-hybridized carbons (Fsp3) is 0.429. The molecule has 1 unspecified atom stereocenters. The van der Waals surface area contributed by atoms with Crippen molar-refractivity contribution in [2.75, 3.05) is 6.54 Å². The van der Waals surface area contributed by atoms with Gasteiger partial charge in [0.25, 0.3) is 0 Å². The monoisotopic (exact) mass is 344 g/mol. The molecule has 2 aromatic rings. The Kier molecular flexibility index (Phi) is 5.95. The maximum Gasteiger partial charge on any atom is 0.250 e. The molecule has 0 aliphatic heterocycles. The molecule has 0 amide bonds. The van der Waals surface area contributed by atoms with E-state index in [1.54, 1.807) is 17.4 Å². The molecular weight excluding hydrogens is 324 g/mol. The third-order valence-electron chi connectivity index (χ3n) is 2.93. The largest absolute Gasteiger partial charge is 0.312 e. The molecule has 116 valence electrons.